The number of aromatic nitrogens is 1. The number of piperazine rings is 1. The highest BCUT2D eigenvalue weighted by molar-refractivity contribution is 6.30. The fourth-order valence-corrected chi connectivity index (χ4v) is 4.27. The van der Waals surface area contributed by atoms with Crippen LogP contribution in [0.2, 0.25) is 5.02 Å². The lowest BCUT2D eigenvalue weighted by Gasteiger charge is -2.36. The largest absolute Gasteiger partial charge is 0.369 e. The minimum absolute atomic E-state index is 0.323. The highest BCUT2D eigenvalue weighted by Crippen LogP contribution is 2.23. The molecule has 1 aromatic heterocycles. The van der Waals surface area contributed by atoms with Crippen molar-refractivity contribution in [3.8, 4) is 0 Å². The molecular weight excluding hydrogens is 346 g/mol. The number of halogens is 1. The van der Waals surface area contributed by atoms with Crippen molar-refractivity contribution >= 4 is 23.1 Å². The topological polar surface area (TPSA) is 28.5 Å². The van der Waals surface area contributed by atoms with Gasteiger partial charge in [0, 0.05) is 67.3 Å². The van der Waals surface area contributed by atoms with Gasteiger partial charge in [0.15, 0.2) is 5.78 Å². The van der Waals surface area contributed by atoms with Gasteiger partial charge < -0.3 is 9.47 Å². The van der Waals surface area contributed by atoms with Crippen LogP contribution in [-0.2, 0) is 13.0 Å². The number of carbonyl (C=O) groups excluding carboxylic acids is 1. The normalized spacial score (nSPS) is 18.2. The van der Waals surface area contributed by atoms with E-state index in [9.17, 15) is 4.79 Å². The zero-order chi connectivity index (χ0) is 17.9. The van der Waals surface area contributed by atoms with Gasteiger partial charge in [-0.3, -0.25) is 9.69 Å². The van der Waals surface area contributed by atoms with Crippen LogP contribution in [0.25, 0.3) is 0 Å². The van der Waals surface area contributed by atoms with Gasteiger partial charge in [0.1, 0.15) is 0 Å². The minimum atomic E-state index is 0.323. The van der Waals surface area contributed by atoms with Gasteiger partial charge in [-0.2, -0.15) is 0 Å². The Kier molecular flexibility index (Phi) is 5.32. The van der Waals surface area contributed by atoms with Gasteiger partial charge in [0.05, 0.1) is 0 Å². The summed E-state index contributed by atoms with van der Waals surface area (Å²) in [6.45, 7) is 6.47. The van der Waals surface area contributed by atoms with E-state index in [1.807, 2.05) is 18.2 Å². The van der Waals surface area contributed by atoms with Crippen LogP contribution in [0.4, 0.5) is 5.69 Å². The van der Waals surface area contributed by atoms with Crippen LogP contribution >= 0.6 is 11.6 Å². The van der Waals surface area contributed by atoms with Crippen molar-refractivity contribution in [1.82, 2.24) is 9.47 Å². The molecule has 2 heterocycles. The van der Waals surface area contributed by atoms with Crippen LogP contribution < -0.4 is 4.90 Å². The quantitative estimate of drug-likeness (QED) is 0.798. The van der Waals surface area contributed by atoms with E-state index >= 15 is 0 Å². The molecule has 0 atom stereocenters. The Labute approximate surface area is 160 Å². The van der Waals surface area contributed by atoms with Crippen LogP contribution in [0.3, 0.4) is 0 Å². The number of hydrogen-bond acceptors (Lipinski definition) is 3. The second-order valence-electron chi connectivity index (χ2n) is 7.30. The Morgan fingerprint density at radius 1 is 0.923 bits per heavy atom. The average Bonchev–Trinajstić information content (AvgIpc) is 3.08. The van der Waals surface area contributed by atoms with Gasteiger partial charge in [-0.1, -0.05) is 11.6 Å². The molecule has 1 fully saturated rings. The second-order valence-corrected chi connectivity index (χ2v) is 7.74. The van der Waals surface area contributed by atoms with Crippen LogP contribution in [0.1, 0.15) is 35.3 Å². The molecule has 5 heteroatoms. The maximum absolute atomic E-state index is 12.0. The summed E-state index contributed by atoms with van der Waals surface area (Å²) >= 11 is 5.98. The number of ketones is 1. The summed E-state index contributed by atoms with van der Waals surface area (Å²) in [5, 5.41) is 0.793. The summed E-state index contributed by atoms with van der Waals surface area (Å²) < 4.78 is 2.30. The van der Waals surface area contributed by atoms with E-state index in [1.165, 1.54) is 11.4 Å². The molecule has 0 bridgehead atoms. The highest BCUT2D eigenvalue weighted by Gasteiger charge is 2.21. The van der Waals surface area contributed by atoms with E-state index < -0.39 is 0 Å². The number of aryl methyl sites for hydroxylation is 1. The molecule has 2 aliphatic rings. The number of benzene rings is 1. The molecule has 0 N–H and O–H groups in total. The first-order valence-electron chi connectivity index (χ1n) is 9.65. The molecule has 4 nitrogen and oxygen atoms in total. The Bertz CT molecular complexity index is 760. The fourth-order valence-electron chi connectivity index (χ4n) is 4.14. The molecule has 0 amide bonds. The summed E-state index contributed by atoms with van der Waals surface area (Å²) in [6, 6.07) is 10.2. The fraction of sp³-hybridized carbons (Fsp3) is 0.476. The van der Waals surface area contributed by atoms with E-state index in [2.05, 4.69) is 32.7 Å². The summed E-state index contributed by atoms with van der Waals surface area (Å²) in [5.41, 5.74) is 3.49. The molecule has 0 unspecified atom stereocenters. The van der Waals surface area contributed by atoms with Gasteiger partial charge in [0.2, 0.25) is 0 Å². The second kappa shape index (κ2) is 7.85. The Balaban J connectivity index is 1.24. The minimum Gasteiger partial charge on any atom is -0.369 e. The van der Waals surface area contributed by atoms with Gasteiger partial charge in [0.25, 0.3) is 0 Å². The van der Waals surface area contributed by atoms with E-state index in [-0.39, 0.29) is 0 Å². The van der Waals surface area contributed by atoms with Crippen molar-refractivity contribution in [3.05, 3.63) is 52.8 Å². The average molecular weight is 372 g/mol. The summed E-state index contributed by atoms with van der Waals surface area (Å²) in [4.78, 5) is 16.9. The number of fused-ring (bicyclic) bond motifs is 1. The molecule has 138 valence electrons. The number of anilines is 1. The molecule has 1 aliphatic carbocycles. The van der Waals surface area contributed by atoms with Crippen LogP contribution in [0.15, 0.2) is 36.5 Å². The molecule has 26 heavy (non-hydrogen) atoms. The van der Waals surface area contributed by atoms with Crippen molar-refractivity contribution in [2.24, 2.45) is 0 Å². The van der Waals surface area contributed by atoms with E-state index in [1.54, 1.807) is 0 Å². The lowest BCUT2D eigenvalue weighted by atomic mass is 9.97. The van der Waals surface area contributed by atoms with Crippen molar-refractivity contribution in [2.45, 2.75) is 32.2 Å². The first kappa shape index (κ1) is 17.6. The summed E-state index contributed by atoms with van der Waals surface area (Å²) in [7, 11) is 0. The Morgan fingerprint density at radius 2 is 1.69 bits per heavy atom. The van der Waals surface area contributed by atoms with Crippen LogP contribution in [0, 0.1) is 0 Å². The zero-order valence-corrected chi connectivity index (χ0v) is 15.9. The first-order valence-corrected chi connectivity index (χ1v) is 10.0. The Hall–Kier alpha value is -1.78. The SMILES string of the molecule is O=C1CCCc2c1ccn2CCCN1CCN(c2ccc(Cl)cc2)CC1. The molecular formula is C21H26ClN3O. The maximum Gasteiger partial charge on any atom is 0.164 e. The van der Waals surface area contributed by atoms with E-state index in [4.69, 9.17) is 11.6 Å². The molecule has 2 aromatic rings. The number of Topliss-reactive ketones (excluding diaryl/α,β-unsaturated/α-hetero) is 1. The molecule has 0 spiro atoms. The number of hydrogen-bond donors (Lipinski definition) is 0. The number of nitrogens with zero attached hydrogens (tertiary/aromatic N) is 3. The molecule has 1 aliphatic heterocycles. The molecule has 4 rings (SSSR count). The monoisotopic (exact) mass is 371 g/mol. The highest BCUT2D eigenvalue weighted by atomic mass is 35.5. The van der Waals surface area contributed by atoms with Gasteiger partial charge in [-0.15, -0.1) is 0 Å². The molecule has 1 aromatic carbocycles. The molecule has 1 saturated heterocycles. The first-order chi connectivity index (χ1) is 12.7. The van der Waals surface area contributed by atoms with Crippen molar-refractivity contribution in [2.75, 3.05) is 37.6 Å². The maximum atomic E-state index is 12.0. The predicted octanol–water partition coefficient (Wildman–Crippen LogP) is 3.87. The summed E-state index contributed by atoms with van der Waals surface area (Å²) in [5.74, 6) is 0.323. The molecule has 0 radical (unpaired) electrons. The van der Waals surface area contributed by atoms with Crippen LogP contribution in [-0.4, -0.2) is 48.0 Å². The third kappa shape index (κ3) is 3.81. The van der Waals surface area contributed by atoms with Gasteiger partial charge >= 0.3 is 0 Å². The third-order valence-electron chi connectivity index (χ3n) is 5.63. The lowest BCUT2D eigenvalue weighted by molar-refractivity contribution is 0.0971. The standard InChI is InChI=1S/C21H26ClN3O/c22-17-5-7-18(8-6-17)24-15-13-23(14-16-24)10-2-11-25-12-9-19-20(25)3-1-4-21(19)26/h5-9,12H,1-4,10-11,13-16H2. The number of rotatable bonds is 5. The van der Waals surface area contributed by atoms with Crippen LogP contribution in [0.5, 0.6) is 0 Å². The van der Waals surface area contributed by atoms with Crippen molar-refractivity contribution < 1.29 is 4.79 Å². The van der Waals surface area contributed by atoms with Crippen molar-refractivity contribution in [1.29, 1.82) is 0 Å². The summed E-state index contributed by atoms with van der Waals surface area (Å²) in [6.07, 6.45) is 6.01. The Morgan fingerprint density at radius 3 is 2.46 bits per heavy atom. The van der Waals surface area contributed by atoms with E-state index in [0.717, 1.165) is 75.5 Å². The smallest absolute Gasteiger partial charge is 0.164 e. The number of carbonyl (C=O) groups is 1. The zero-order valence-electron chi connectivity index (χ0n) is 15.2. The van der Waals surface area contributed by atoms with E-state index in [0.29, 0.717) is 5.78 Å². The van der Waals surface area contributed by atoms with Crippen molar-refractivity contribution in [3.63, 3.8) is 0 Å². The molecule has 0 saturated carbocycles. The third-order valence-corrected chi connectivity index (χ3v) is 5.89. The predicted molar refractivity (Wildman–Crippen MR) is 106 cm³/mol. The van der Waals surface area contributed by atoms with Gasteiger partial charge in [-0.25, -0.2) is 0 Å². The van der Waals surface area contributed by atoms with Gasteiger partial charge in [-0.05, 0) is 56.1 Å². The lowest BCUT2D eigenvalue weighted by Crippen LogP contribution is -2.46.